The lowest BCUT2D eigenvalue weighted by Gasteiger charge is -2.16. The van der Waals surface area contributed by atoms with Crippen molar-refractivity contribution < 1.29 is 27.7 Å². The molecule has 2 rings (SSSR count). The SMILES string of the molecule is CNS(=O)(=O)CCC(=O)O[C@H]1CCN(c2cccc([N+](=O)[O-])c2)C1=O. The lowest BCUT2D eigenvalue weighted by molar-refractivity contribution is -0.384. The summed E-state index contributed by atoms with van der Waals surface area (Å²) in [5.74, 6) is -1.72. The van der Waals surface area contributed by atoms with Gasteiger partial charge in [-0.2, -0.15) is 0 Å². The van der Waals surface area contributed by atoms with Crippen molar-refractivity contribution in [2.45, 2.75) is 18.9 Å². The second-order valence-electron chi connectivity index (χ2n) is 5.31. The molecule has 0 aromatic heterocycles. The Kier molecular flexibility index (Phi) is 5.69. The number of carbonyl (C=O) groups excluding carboxylic acids is 2. The first-order valence-corrected chi connectivity index (χ1v) is 9.05. The van der Waals surface area contributed by atoms with E-state index >= 15 is 0 Å². The molecule has 11 heteroatoms. The van der Waals surface area contributed by atoms with Crippen LogP contribution in [0.25, 0.3) is 0 Å². The number of anilines is 1. The molecule has 1 N–H and O–H groups in total. The molecular formula is C14H17N3O7S. The molecule has 1 amide bonds. The number of carbonyl (C=O) groups is 2. The third-order valence-electron chi connectivity index (χ3n) is 3.67. The van der Waals surface area contributed by atoms with Crippen molar-refractivity contribution in [2.24, 2.45) is 0 Å². The highest BCUT2D eigenvalue weighted by molar-refractivity contribution is 7.89. The van der Waals surface area contributed by atoms with Gasteiger partial charge in [-0.15, -0.1) is 0 Å². The predicted octanol–water partition coefficient (Wildman–Crippen LogP) is 0.183. The van der Waals surface area contributed by atoms with E-state index in [-0.39, 0.29) is 25.1 Å². The van der Waals surface area contributed by atoms with Crippen LogP contribution in [-0.4, -0.2) is 50.7 Å². The first-order chi connectivity index (χ1) is 11.7. The van der Waals surface area contributed by atoms with E-state index in [0.29, 0.717) is 5.69 Å². The summed E-state index contributed by atoms with van der Waals surface area (Å²) < 4.78 is 29.7. The van der Waals surface area contributed by atoms with Gasteiger partial charge < -0.3 is 9.64 Å². The van der Waals surface area contributed by atoms with Crippen molar-refractivity contribution in [3.05, 3.63) is 34.4 Å². The van der Waals surface area contributed by atoms with Gasteiger partial charge in [0.05, 0.1) is 22.8 Å². The highest BCUT2D eigenvalue weighted by Crippen LogP contribution is 2.26. The summed E-state index contributed by atoms with van der Waals surface area (Å²) in [5.41, 5.74) is 0.193. The standard InChI is InChI=1S/C14H17N3O7S/c1-15-25(22,23)8-6-13(18)24-12-5-7-16(14(12)19)10-3-2-4-11(9-10)17(20)21/h2-4,9,12,15H,5-8H2,1H3/t12-/m0/s1. The number of esters is 1. The van der Waals surface area contributed by atoms with Gasteiger partial charge in [0, 0.05) is 25.1 Å². The Balaban J connectivity index is 1.98. The van der Waals surface area contributed by atoms with Crippen LogP contribution in [0.2, 0.25) is 0 Å². The van der Waals surface area contributed by atoms with Gasteiger partial charge in [0.15, 0.2) is 6.10 Å². The van der Waals surface area contributed by atoms with Crippen molar-refractivity contribution in [3.63, 3.8) is 0 Å². The maximum atomic E-state index is 12.3. The van der Waals surface area contributed by atoms with E-state index in [1.165, 1.54) is 30.1 Å². The molecule has 136 valence electrons. The van der Waals surface area contributed by atoms with Gasteiger partial charge in [0.25, 0.3) is 11.6 Å². The molecule has 0 radical (unpaired) electrons. The highest BCUT2D eigenvalue weighted by atomic mass is 32.2. The first-order valence-electron chi connectivity index (χ1n) is 7.40. The number of amides is 1. The van der Waals surface area contributed by atoms with Crippen molar-refractivity contribution >= 4 is 33.3 Å². The second-order valence-corrected chi connectivity index (χ2v) is 7.35. The van der Waals surface area contributed by atoms with Crippen molar-refractivity contribution in [2.75, 3.05) is 24.2 Å². The number of hydrogen-bond donors (Lipinski definition) is 1. The molecule has 0 spiro atoms. The fourth-order valence-electron chi connectivity index (χ4n) is 2.33. The molecule has 10 nitrogen and oxygen atoms in total. The van der Waals surface area contributed by atoms with Crippen LogP contribution >= 0.6 is 0 Å². The summed E-state index contributed by atoms with van der Waals surface area (Å²) in [5, 5.41) is 10.8. The molecular weight excluding hydrogens is 354 g/mol. The average molecular weight is 371 g/mol. The Morgan fingerprint density at radius 3 is 2.84 bits per heavy atom. The molecule has 25 heavy (non-hydrogen) atoms. The van der Waals surface area contributed by atoms with Gasteiger partial charge in [-0.1, -0.05) is 6.07 Å². The number of hydrogen-bond acceptors (Lipinski definition) is 7. The van der Waals surface area contributed by atoms with Crippen LogP contribution in [0.4, 0.5) is 11.4 Å². The minimum Gasteiger partial charge on any atom is -0.452 e. The highest BCUT2D eigenvalue weighted by Gasteiger charge is 2.36. The van der Waals surface area contributed by atoms with Crippen LogP contribution in [0.1, 0.15) is 12.8 Å². The number of ether oxygens (including phenoxy) is 1. The van der Waals surface area contributed by atoms with Crippen LogP contribution in [0.15, 0.2) is 24.3 Å². The lowest BCUT2D eigenvalue weighted by Crippen LogP contribution is -2.32. The summed E-state index contributed by atoms with van der Waals surface area (Å²) in [4.78, 5) is 35.6. The molecule has 1 heterocycles. The molecule has 0 saturated carbocycles. The first kappa shape index (κ1) is 18.8. The van der Waals surface area contributed by atoms with E-state index in [9.17, 15) is 28.1 Å². The zero-order valence-corrected chi connectivity index (χ0v) is 14.2. The van der Waals surface area contributed by atoms with Crippen molar-refractivity contribution in [1.29, 1.82) is 0 Å². The van der Waals surface area contributed by atoms with E-state index in [4.69, 9.17) is 4.74 Å². The van der Waals surface area contributed by atoms with Gasteiger partial charge in [0.1, 0.15) is 0 Å². The third-order valence-corrected chi connectivity index (χ3v) is 5.03. The van der Waals surface area contributed by atoms with E-state index in [0.717, 1.165) is 0 Å². The second kappa shape index (κ2) is 7.57. The van der Waals surface area contributed by atoms with Crippen LogP contribution in [-0.2, 0) is 24.3 Å². The van der Waals surface area contributed by atoms with Crippen LogP contribution < -0.4 is 9.62 Å². The Morgan fingerprint density at radius 2 is 2.20 bits per heavy atom. The summed E-state index contributed by atoms with van der Waals surface area (Å²) >= 11 is 0. The summed E-state index contributed by atoms with van der Waals surface area (Å²) in [6.07, 6.45) is -1.17. The Labute approximate surface area is 144 Å². The molecule has 1 aliphatic rings. The maximum Gasteiger partial charge on any atom is 0.307 e. The minimum absolute atomic E-state index is 0.150. The molecule has 0 unspecified atom stereocenters. The lowest BCUT2D eigenvalue weighted by atomic mass is 10.2. The normalized spacial score (nSPS) is 17.6. The number of benzene rings is 1. The summed E-state index contributed by atoms with van der Waals surface area (Å²) in [6, 6.07) is 5.59. The summed E-state index contributed by atoms with van der Waals surface area (Å²) in [7, 11) is -2.30. The number of rotatable bonds is 7. The largest absolute Gasteiger partial charge is 0.452 e. The molecule has 0 aliphatic carbocycles. The Bertz CT molecular complexity index is 793. The van der Waals surface area contributed by atoms with Crippen LogP contribution in [0, 0.1) is 10.1 Å². The van der Waals surface area contributed by atoms with Crippen LogP contribution in [0.3, 0.4) is 0 Å². The zero-order valence-electron chi connectivity index (χ0n) is 13.4. The maximum absolute atomic E-state index is 12.3. The fraction of sp³-hybridized carbons (Fsp3) is 0.429. The number of non-ortho nitro benzene ring substituents is 1. The van der Waals surface area contributed by atoms with Crippen molar-refractivity contribution in [1.82, 2.24) is 4.72 Å². The number of sulfonamides is 1. The molecule has 0 bridgehead atoms. The Morgan fingerprint density at radius 1 is 1.48 bits per heavy atom. The summed E-state index contributed by atoms with van der Waals surface area (Å²) in [6.45, 7) is 0.243. The number of nitro groups is 1. The van der Waals surface area contributed by atoms with E-state index in [1.54, 1.807) is 6.07 Å². The third kappa shape index (κ3) is 4.73. The van der Waals surface area contributed by atoms with Gasteiger partial charge in [-0.25, -0.2) is 13.1 Å². The number of nitrogens with one attached hydrogen (secondary N) is 1. The molecule has 1 fully saturated rings. The molecule has 1 saturated heterocycles. The number of nitrogens with zero attached hydrogens (tertiary/aromatic N) is 2. The van der Waals surface area contributed by atoms with Gasteiger partial charge in [-0.05, 0) is 13.1 Å². The van der Waals surface area contributed by atoms with Crippen molar-refractivity contribution in [3.8, 4) is 0 Å². The van der Waals surface area contributed by atoms with E-state index < -0.39 is 38.7 Å². The van der Waals surface area contributed by atoms with Gasteiger partial charge in [0.2, 0.25) is 10.0 Å². The topological polar surface area (TPSA) is 136 Å². The quantitative estimate of drug-likeness (QED) is 0.410. The molecule has 1 aliphatic heterocycles. The van der Waals surface area contributed by atoms with Gasteiger partial charge in [-0.3, -0.25) is 19.7 Å². The van der Waals surface area contributed by atoms with E-state index in [1.807, 2.05) is 0 Å². The smallest absolute Gasteiger partial charge is 0.307 e. The Hall–Kier alpha value is -2.53. The molecule has 1 aromatic rings. The zero-order chi connectivity index (χ0) is 18.6. The van der Waals surface area contributed by atoms with E-state index in [2.05, 4.69) is 4.72 Å². The molecule has 1 atom stereocenters. The molecule has 1 aromatic carbocycles. The average Bonchev–Trinajstić information content (AvgIpc) is 2.94. The predicted molar refractivity (Wildman–Crippen MR) is 87.4 cm³/mol. The van der Waals surface area contributed by atoms with Crippen LogP contribution in [0.5, 0.6) is 0 Å². The fourth-order valence-corrected chi connectivity index (χ4v) is 2.97. The monoisotopic (exact) mass is 371 g/mol. The minimum atomic E-state index is -3.54. The number of nitro benzene ring substituents is 1. The van der Waals surface area contributed by atoms with Gasteiger partial charge >= 0.3 is 5.97 Å².